The first-order valence-electron chi connectivity index (χ1n) is 16.7. The third-order valence-electron chi connectivity index (χ3n) is 9.36. The summed E-state index contributed by atoms with van der Waals surface area (Å²) < 4.78 is 0. The summed E-state index contributed by atoms with van der Waals surface area (Å²) in [5.41, 5.74) is 5.63. The van der Waals surface area contributed by atoms with Crippen LogP contribution < -0.4 is 0 Å². The van der Waals surface area contributed by atoms with Crippen LogP contribution in [0.3, 0.4) is 0 Å². The summed E-state index contributed by atoms with van der Waals surface area (Å²) in [6.45, 7) is 9.34. The molecular formula is C37H42ClN7O2. The molecule has 2 aliphatic heterocycles. The van der Waals surface area contributed by atoms with Gasteiger partial charge in [0, 0.05) is 25.1 Å². The summed E-state index contributed by atoms with van der Waals surface area (Å²) in [5, 5.41) is 10.0. The lowest BCUT2D eigenvalue weighted by Crippen LogP contribution is -2.37. The Balaban J connectivity index is 1.14. The number of rotatable bonds is 9. The molecule has 4 heterocycles. The van der Waals surface area contributed by atoms with E-state index in [-0.39, 0.29) is 29.8 Å². The Bertz CT molecular complexity index is 1770. The molecule has 10 heteroatoms. The zero-order chi connectivity index (χ0) is 33.2. The van der Waals surface area contributed by atoms with E-state index in [2.05, 4.69) is 71.3 Å². The molecule has 0 bridgehead atoms. The Kier molecular flexibility index (Phi) is 9.51. The maximum Gasteiger partial charge on any atom is 0.240 e. The molecule has 4 aromatic rings. The summed E-state index contributed by atoms with van der Waals surface area (Å²) in [6, 6.07) is 18.4. The number of aromatic nitrogens is 4. The van der Waals surface area contributed by atoms with Crippen LogP contribution >= 0.6 is 11.6 Å². The fourth-order valence-electron chi connectivity index (χ4n) is 6.83. The number of nitrogens with one attached hydrogen (secondary N) is 2. The van der Waals surface area contributed by atoms with Crippen LogP contribution in [0, 0.1) is 29.1 Å². The largest absolute Gasteiger partial charge is 0.340 e. The van der Waals surface area contributed by atoms with Crippen LogP contribution in [0.4, 0.5) is 0 Å². The van der Waals surface area contributed by atoms with Crippen LogP contribution in [-0.2, 0) is 9.59 Å². The summed E-state index contributed by atoms with van der Waals surface area (Å²) in [4.78, 5) is 45.9. The van der Waals surface area contributed by atoms with E-state index in [1.54, 1.807) is 0 Å². The van der Waals surface area contributed by atoms with Crippen molar-refractivity contribution in [3.63, 3.8) is 0 Å². The third kappa shape index (κ3) is 6.70. The Morgan fingerprint density at radius 3 is 2.04 bits per heavy atom. The zero-order valence-corrected chi connectivity index (χ0v) is 28.2. The summed E-state index contributed by atoms with van der Waals surface area (Å²) in [7, 11) is 0. The number of nitriles is 1. The number of hydrogen-bond donors (Lipinski definition) is 2. The van der Waals surface area contributed by atoms with Gasteiger partial charge in [-0.1, -0.05) is 87.8 Å². The number of nitrogens with zero attached hydrogens (tertiary/aromatic N) is 5. The van der Waals surface area contributed by atoms with Crippen LogP contribution in [-0.4, -0.2) is 54.6 Å². The first-order valence-corrected chi connectivity index (χ1v) is 17.0. The van der Waals surface area contributed by atoms with Gasteiger partial charge in [-0.15, -0.1) is 0 Å². The van der Waals surface area contributed by atoms with E-state index < -0.39 is 5.92 Å². The molecule has 1 unspecified atom stereocenters. The maximum atomic E-state index is 13.1. The molecule has 0 spiro atoms. The lowest BCUT2D eigenvalue weighted by molar-refractivity contribution is -0.136. The van der Waals surface area contributed by atoms with Gasteiger partial charge in [0.2, 0.25) is 11.8 Å². The van der Waals surface area contributed by atoms with Crippen molar-refractivity contribution in [2.45, 2.75) is 71.9 Å². The van der Waals surface area contributed by atoms with Crippen LogP contribution in [0.25, 0.3) is 33.6 Å². The maximum absolute atomic E-state index is 13.1. The van der Waals surface area contributed by atoms with Gasteiger partial charge in [0.1, 0.15) is 28.4 Å². The highest BCUT2D eigenvalue weighted by Crippen LogP contribution is 2.37. The van der Waals surface area contributed by atoms with Crippen LogP contribution in [0.2, 0.25) is 5.15 Å². The number of halogens is 1. The van der Waals surface area contributed by atoms with E-state index in [0.29, 0.717) is 29.7 Å². The van der Waals surface area contributed by atoms with Crippen LogP contribution in [0.15, 0.2) is 54.7 Å². The molecule has 47 heavy (non-hydrogen) atoms. The van der Waals surface area contributed by atoms with Gasteiger partial charge < -0.3 is 19.8 Å². The fraction of sp³-hybridized carbons (Fsp3) is 0.432. The first kappa shape index (κ1) is 32.5. The average Bonchev–Trinajstić information content (AvgIpc) is 3.87. The van der Waals surface area contributed by atoms with Gasteiger partial charge in [0.25, 0.3) is 0 Å². The van der Waals surface area contributed by atoms with Gasteiger partial charge in [-0.05, 0) is 54.2 Å². The lowest BCUT2D eigenvalue weighted by Gasteiger charge is -2.26. The smallest absolute Gasteiger partial charge is 0.240 e. The van der Waals surface area contributed by atoms with Crippen molar-refractivity contribution < 1.29 is 9.59 Å². The minimum absolute atomic E-state index is 0.0352. The molecular weight excluding hydrogens is 610 g/mol. The Morgan fingerprint density at radius 2 is 1.45 bits per heavy atom. The van der Waals surface area contributed by atoms with E-state index in [0.717, 1.165) is 71.8 Å². The molecule has 0 aliphatic carbocycles. The van der Waals surface area contributed by atoms with Gasteiger partial charge in [0.15, 0.2) is 0 Å². The normalized spacial score (nSPS) is 18.7. The van der Waals surface area contributed by atoms with Crippen molar-refractivity contribution >= 4 is 23.4 Å². The minimum Gasteiger partial charge on any atom is -0.340 e. The molecule has 2 aromatic carbocycles. The second-order valence-corrected chi connectivity index (χ2v) is 13.9. The van der Waals surface area contributed by atoms with Gasteiger partial charge in [-0.3, -0.25) is 9.59 Å². The van der Waals surface area contributed by atoms with Crippen molar-refractivity contribution in [2.75, 3.05) is 13.1 Å². The second kappa shape index (κ2) is 13.7. The summed E-state index contributed by atoms with van der Waals surface area (Å²) in [6.07, 6.45) is 5.90. The predicted molar refractivity (Wildman–Crippen MR) is 183 cm³/mol. The van der Waals surface area contributed by atoms with Gasteiger partial charge in [-0.2, -0.15) is 5.26 Å². The topological polar surface area (TPSA) is 122 Å². The first-order chi connectivity index (χ1) is 22.6. The number of likely N-dealkylation sites (tertiary alicyclic amines) is 2. The third-order valence-corrected chi connectivity index (χ3v) is 9.63. The zero-order valence-electron chi connectivity index (χ0n) is 27.5. The molecule has 3 atom stereocenters. The van der Waals surface area contributed by atoms with Crippen molar-refractivity contribution in [3.05, 3.63) is 71.5 Å². The highest BCUT2D eigenvalue weighted by atomic mass is 35.5. The van der Waals surface area contributed by atoms with E-state index in [9.17, 15) is 14.9 Å². The monoisotopic (exact) mass is 651 g/mol. The Morgan fingerprint density at radius 1 is 0.872 bits per heavy atom. The molecule has 2 aliphatic rings. The van der Waals surface area contributed by atoms with Crippen molar-refractivity contribution in [1.82, 2.24) is 29.7 Å². The SMILES string of the molecule is CC(C)CC(=O)N1CCC[C@H]1c1nc(-c2ccc(-c3ccc(-c4cnc([C@@H]5CCCN5C(=O)C(C#N)C(C)C)[nH]4)cc3)cc2)c(Cl)[nH]1. The molecule has 9 nitrogen and oxygen atoms in total. The van der Waals surface area contributed by atoms with Gasteiger partial charge in [0.05, 0.1) is 30.0 Å². The van der Waals surface area contributed by atoms with E-state index in [1.165, 1.54) is 0 Å². The molecule has 6 rings (SSSR count). The molecule has 2 N–H and O–H groups in total. The van der Waals surface area contributed by atoms with Gasteiger partial charge >= 0.3 is 0 Å². The Hall–Kier alpha value is -4.42. The molecule has 2 amide bonds. The predicted octanol–water partition coefficient (Wildman–Crippen LogP) is 7.96. The Labute approximate surface area is 281 Å². The number of aromatic amines is 2. The number of benzene rings is 2. The molecule has 2 fully saturated rings. The molecule has 0 radical (unpaired) electrons. The molecule has 2 saturated heterocycles. The van der Waals surface area contributed by atoms with Crippen LogP contribution in [0.5, 0.6) is 0 Å². The highest BCUT2D eigenvalue weighted by Gasteiger charge is 2.37. The highest BCUT2D eigenvalue weighted by molar-refractivity contribution is 6.31. The number of carbonyl (C=O) groups is 2. The fourth-order valence-corrected chi connectivity index (χ4v) is 7.08. The van der Waals surface area contributed by atoms with Crippen molar-refractivity contribution in [1.29, 1.82) is 5.26 Å². The minimum atomic E-state index is -0.644. The second-order valence-electron chi connectivity index (χ2n) is 13.5. The van der Waals surface area contributed by atoms with Crippen molar-refractivity contribution in [3.8, 4) is 39.7 Å². The van der Waals surface area contributed by atoms with Crippen LogP contribution in [0.1, 0.15) is 83.5 Å². The summed E-state index contributed by atoms with van der Waals surface area (Å²) in [5.74, 6) is 1.20. The van der Waals surface area contributed by atoms with E-state index >= 15 is 0 Å². The average molecular weight is 652 g/mol. The number of H-pyrrole nitrogens is 2. The lowest BCUT2D eigenvalue weighted by atomic mass is 9.95. The van der Waals surface area contributed by atoms with Gasteiger partial charge in [-0.25, -0.2) is 9.97 Å². The molecule has 0 saturated carbocycles. The number of imidazole rings is 2. The van der Waals surface area contributed by atoms with E-state index in [1.807, 2.05) is 42.0 Å². The molecule has 244 valence electrons. The summed E-state index contributed by atoms with van der Waals surface area (Å²) >= 11 is 6.64. The van der Waals surface area contributed by atoms with E-state index in [4.69, 9.17) is 16.6 Å². The van der Waals surface area contributed by atoms with Crippen molar-refractivity contribution in [2.24, 2.45) is 17.8 Å². The number of carbonyl (C=O) groups excluding carboxylic acids is 2. The number of hydrogen-bond acceptors (Lipinski definition) is 5. The molecule has 2 aromatic heterocycles. The standard InChI is InChI=1S/C37H42ClN7O2/c1-22(2)19-32(46)44-17-5-8-31(44)36-42-33(34(38)43-36)27-15-11-25(12-16-27)24-9-13-26(14-10-24)29-21-40-35(41-29)30-7-6-18-45(30)37(47)28(20-39)23(3)4/h9-16,21-23,28,30-31H,5-8,17-19H2,1-4H3,(H,40,41)(H,42,43)/t28?,30-,31-/m0/s1. The quantitative estimate of drug-likeness (QED) is 0.190. The number of amides is 2.